The Balaban J connectivity index is 2.38. The molecule has 0 aliphatic carbocycles. The number of ether oxygens (including phenoxy) is 2. The topological polar surface area (TPSA) is 93.7 Å². The second kappa shape index (κ2) is 8.87. The number of esters is 1. The summed E-state index contributed by atoms with van der Waals surface area (Å²) in [6, 6.07) is 4.85. The highest BCUT2D eigenvalue weighted by Crippen LogP contribution is 2.11. The molecule has 132 valence electrons. The number of nitrogens with one attached hydrogen (secondary N) is 2. The molecule has 24 heavy (non-hydrogen) atoms. The van der Waals surface area contributed by atoms with Crippen molar-refractivity contribution in [1.29, 1.82) is 0 Å². The van der Waals surface area contributed by atoms with Gasteiger partial charge in [0.15, 0.2) is 6.61 Å². The number of amides is 3. The van der Waals surface area contributed by atoms with E-state index in [2.05, 4.69) is 4.74 Å². The monoisotopic (exact) mass is 348 g/mol. The quantitative estimate of drug-likeness (QED) is 0.758. The number of methoxy groups -OCH3 is 1. The van der Waals surface area contributed by atoms with E-state index in [0.29, 0.717) is 6.61 Å². The number of hydrogen-bond acceptors (Lipinski definition) is 5. The number of halogens is 3. The number of rotatable bonds is 6. The third kappa shape index (κ3) is 7.58. The lowest BCUT2D eigenvalue weighted by molar-refractivity contribution is -0.125. The fourth-order valence-electron chi connectivity index (χ4n) is 1.51. The van der Waals surface area contributed by atoms with Crippen LogP contribution in [0.2, 0.25) is 0 Å². The Hall–Kier alpha value is -2.62. The molecule has 0 atom stereocenters. The molecule has 0 aliphatic rings. The third-order valence-corrected chi connectivity index (χ3v) is 2.54. The van der Waals surface area contributed by atoms with Crippen molar-refractivity contribution in [3.63, 3.8) is 0 Å². The second-order valence-corrected chi connectivity index (χ2v) is 4.55. The lowest BCUT2D eigenvalue weighted by Crippen LogP contribution is -2.44. The molecule has 0 aromatic heterocycles. The van der Waals surface area contributed by atoms with Crippen LogP contribution in [0.15, 0.2) is 24.3 Å². The van der Waals surface area contributed by atoms with E-state index in [1.165, 1.54) is 24.6 Å². The standard InChI is InChI=1S/C14H15F3N2O5/c1-23-6-9-2-4-10(5-3-9)12(21)24-7-11(20)19-13(22)18-8-14(15,16)17/h2-5H,6-8H2,1H3,(H2,18,19,20,22). The first-order chi connectivity index (χ1) is 11.2. The van der Waals surface area contributed by atoms with E-state index in [1.807, 2.05) is 0 Å². The zero-order valence-corrected chi connectivity index (χ0v) is 12.6. The van der Waals surface area contributed by atoms with Gasteiger partial charge in [-0.15, -0.1) is 0 Å². The Labute approximate surface area is 135 Å². The molecule has 3 amide bonds. The van der Waals surface area contributed by atoms with Crippen LogP contribution in [-0.2, 0) is 20.9 Å². The first kappa shape index (κ1) is 19.4. The van der Waals surface area contributed by atoms with Gasteiger partial charge >= 0.3 is 18.2 Å². The first-order valence-electron chi connectivity index (χ1n) is 6.60. The molecular weight excluding hydrogens is 333 g/mol. The molecule has 1 rings (SSSR count). The molecule has 1 aromatic carbocycles. The Bertz CT molecular complexity index is 587. The maximum Gasteiger partial charge on any atom is 0.405 e. The number of benzene rings is 1. The van der Waals surface area contributed by atoms with Gasteiger partial charge in [-0.2, -0.15) is 13.2 Å². The maximum absolute atomic E-state index is 11.9. The number of hydrogen-bond donors (Lipinski definition) is 2. The maximum atomic E-state index is 11.9. The number of alkyl halides is 3. The largest absolute Gasteiger partial charge is 0.452 e. The average molecular weight is 348 g/mol. The van der Waals surface area contributed by atoms with Crippen LogP contribution in [-0.4, -0.2) is 44.3 Å². The van der Waals surface area contributed by atoms with Gasteiger partial charge in [0.2, 0.25) is 0 Å². The zero-order chi connectivity index (χ0) is 18.2. The van der Waals surface area contributed by atoms with Gasteiger partial charge in [-0.05, 0) is 17.7 Å². The van der Waals surface area contributed by atoms with Crippen LogP contribution in [0.25, 0.3) is 0 Å². The lowest BCUT2D eigenvalue weighted by atomic mass is 10.1. The fourth-order valence-corrected chi connectivity index (χ4v) is 1.51. The highest BCUT2D eigenvalue weighted by atomic mass is 19.4. The number of urea groups is 1. The summed E-state index contributed by atoms with van der Waals surface area (Å²) >= 11 is 0. The van der Waals surface area contributed by atoms with Crippen LogP contribution < -0.4 is 10.6 Å². The van der Waals surface area contributed by atoms with E-state index in [-0.39, 0.29) is 5.56 Å². The molecule has 7 nitrogen and oxygen atoms in total. The highest BCUT2D eigenvalue weighted by Gasteiger charge is 2.28. The molecule has 0 unspecified atom stereocenters. The molecule has 0 spiro atoms. The van der Waals surface area contributed by atoms with Crippen molar-refractivity contribution >= 4 is 17.9 Å². The number of carbonyl (C=O) groups is 3. The van der Waals surface area contributed by atoms with Crippen LogP contribution in [0.1, 0.15) is 15.9 Å². The molecule has 0 radical (unpaired) electrons. The van der Waals surface area contributed by atoms with Crippen molar-refractivity contribution in [3.8, 4) is 0 Å². The van der Waals surface area contributed by atoms with Gasteiger partial charge < -0.3 is 14.8 Å². The molecule has 0 heterocycles. The summed E-state index contributed by atoms with van der Waals surface area (Å²) in [5.74, 6) is -1.87. The Morgan fingerprint density at radius 2 is 1.75 bits per heavy atom. The van der Waals surface area contributed by atoms with Crippen molar-refractivity contribution in [2.45, 2.75) is 12.8 Å². The second-order valence-electron chi connectivity index (χ2n) is 4.55. The predicted molar refractivity (Wildman–Crippen MR) is 75.0 cm³/mol. The minimum absolute atomic E-state index is 0.171. The van der Waals surface area contributed by atoms with Crippen molar-refractivity contribution in [3.05, 3.63) is 35.4 Å². The predicted octanol–water partition coefficient (Wildman–Crippen LogP) is 1.38. The van der Waals surface area contributed by atoms with Gasteiger partial charge in [0, 0.05) is 7.11 Å². The van der Waals surface area contributed by atoms with E-state index >= 15 is 0 Å². The summed E-state index contributed by atoms with van der Waals surface area (Å²) in [5, 5.41) is 3.05. The van der Waals surface area contributed by atoms with Gasteiger partial charge in [0.1, 0.15) is 6.54 Å². The Kier molecular flexibility index (Phi) is 7.18. The summed E-state index contributed by atoms with van der Waals surface area (Å²) in [6.07, 6.45) is -4.60. The van der Waals surface area contributed by atoms with Gasteiger partial charge in [-0.25, -0.2) is 9.59 Å². The highest BCUT2D eigenvalue weighted by molar-refractivity contribution is 5.97. The van der Waals surface area contributed by atoms with Gasteiger partial charge in [-0.3, -0.25) is 10.1 Å². The van der Waals surface area contributed by atoms with Gasteiger partial charge in [0.25, 0.3) is 5.91 Å². The van der Waals surface area contributed by atoms with Gasteiger partial charge in [-0.1, -0.05) is 12.1 Å². The van der Waals surface area contributed by atoms with Crippen LogP contribution in [0.3, 0.4) is 0 Å². The molecule has 0 bridgehead atoms. The zero-order valence-electron chi connectivity index (χ0n) is 12.6. The minimum atomic E-state index is -4.60. The molecular formula is C14H15F3N2O5. The Morgan fingerprint density at radius 1 is 1.12 bits per heavy atom. The Morgan fingerprint density at radius 3 is 2.29 bits per heavy atom. The summed E-state index contributed by atoms with van der Waals surface area (Å²) < 4.78 is 45.2. The molecule has 0 fully saturated rings. The van der Waals surface area contributed by atoms with E-state index in [9.17, 15) is 27.6 Å². The molecule has 0 saturated carbocycles. The summed E-state index contributed by atoms with van der Waals surface area (Å²) in [7, 11) is 1.52. The van der Waals surface area contributed by atoms with Crippen molar-refractivity contribution in [2.24, 2.45) is 0 Å². The molecule has 1 aromatic rings. The van der Waals surface area contributed by atoms with Crippen LogP contribution in [0.4, 0.5) is 18.0 Å². The summed E-state index contributed by atoms with van der Waals surface area (Å²) in [6.45, 7) is -2.03. The minimum Gasteiger partial charge on any atom is -0.452 e. The van der Waals surface area contributed by atoms with Crippen LogP contribution in [0.5, 0.6) is 0 Å². The smallest absolute Gasteiger partial charge is 0.405 e. The normalized spacial score (nSPS) is 10.8. The SMILES string of the molecule is COCc1ccc(C(=O)OCC(=O)NC(=O)NCC(F)(F)F)cc1. The molecule has 0 aliphatic heterocycles. The number of imide groups is 1. The van der Waals surface area contributed by atoms with Crippen molar-refractivity contribution in [1.82, 2.24) is 10.6 Å². The van der Waals surface area contributed by atoms with Gasteiger partial charge in [0.05, 0.1) is 12.2 Å². The lowest BCUT2D eigenvalue weighted by Gasteiger charge is -2.09. The van der Waals surface area contributed by atoms with Crippen LogP contribution >= 0.6 is 0 Å². The van der Waals surface area contributed by atoms with E-state index < -0.39 is 37.2 Å². The molecule has 2 N–H and O–H groups in total. The molecule has 10 heteroatoms. The van der Waals surface area contributed by atoms with Crippen molar-refractivity contribution < 1.29 is 37.0 Å². The van der Waals surface area contributed by atoms with E-state index in [1.54, 1.807) is 17.4 Å². The number of carbonyl (C=O) groups excluding carboxylic acids is 3. The fraction of sp³-hybridized carbons (Fsp3) is 0.357. The third-order valence-electron chi connectivity index (χ3n) is 2.54. The molecule has 0 saturated heterocycles. The summed E-state index contributed by atoms with van der Waals surface area (Å²) in [4.78, 5) is 34.0. The summed E-state index contributed by atoms with van der Waals surface area (Å²) in [5.41, 5.74) is 0.998. The van der Waals surface area contributed by atoms with E-state index in [4.69, 9.17) is 4.74 Å². The van der Waals surface area contributed by atoms with E-state index in [0.717, 1.165) is 5.56 Å². The first-order valence-corrected chi connectivity index (χ1v) is 6.60. The van der Waals surface area contributed by atoms with Crippen LogP contribution in [0, 0.1) is 0 Å². The van der Waals surface area contributed by atoms with Crippen molar-refractivity contribution in [2.75, 3.05) is 20.3 Å². The average Bonchev–Trinajstić information content (AvgIpc) is 2.51.